The van der Waals surface area contributed by atoms with Crippen LogP contribution >= 0.6 is 0 Å². The van der Waals surface area contributed by atoms with Crippen LogP contribution in [-0.4, -0.2) is 12.1 Å². The first kappa shape index (κ1) is 30.5. The summed E-state index contributed by atoms with van der Waals surface area (Å²) in [6.07, 6.45) is 16.6. The zero-order valence-electron chi connectivity index (χ0n) is 24.4. The van der Waals surface area contributed by atoms with Gasteiger partial charge < -0.3 is 9.47 Å². The number of ether oxygens (including phenoxy) is 2. The molecule has 3 aromatic rings. The summed E-state index contributed by atoms with van der Waals surface area (Å²) in [5, 5.41) is 0. The number of rotatable bonds is 18. The Labute approximate surface area is 237 Å². The van der Waals surface area contributed by atoms with Gasteiger partial charge in [0, 0.05) is 0 Å². The number of carbonyl (C=O) groups excluding carboxylic acids is 1. The van der Waals surface area contributed by atoms with E-state index in [1.54, 1.807) is 0 Å². The first-order chi connectivity index (χ1) is 19.1. The van der Waals surface area contributed by atoms with Crippen molar-refractivity contribution in [2.75, 3.05) is 0 Å². The first-order valence-corrected chi connectivity index (χ1v) is 15.3. The van der Waals surface area contributed by atoms with Crippen molar-refractivity contribution in [2.24, 2.45) is 0 Å². The Balaban J connectivity index is 1.43. The second-order valence-electron chi connectivity index (χ2n) is 10.8. The molecule has 0 radical (unpaired) electrons. The van der Waals surface area contributed by atoms with E-state index in [0.29, 0.717) is 11.3 Å². The molecule has 0 aromatic heterocycles. The number of unbranched alkanes of at least 4 members (excludes halogenated alkanes) is 9. The third-order valence-corrected chi connectivity index (χ3v) is 7.31. The summed E-state index contributed by atoms with van der Waals surface area (Å²) >= 11 is 0. The minimum absolute atomic E-state index is 0.225. The second-order valence-corrected chi connectivity index (χ2v) is 10.8. The lowest BCUT2D eigenvalue weighted by Gasteiger charge is -2.15. The number of benzene rings is 3. The summed E-state index contributed by atoms with van der Waals surface area (Å²) < 4.78 is 11.7. The zero-order valence-corrected chi connectivity index (χ0v) is 24.4. The number of esters is 1. The van der Waals surface area contributed by atoms with Gasteiger partial charge in [0.05, 0.1) is 11.7 Å². The molecule has 1 atom stereocenters. The standard InChI is InChI=1S/C36H48O3/c1-4-6-8-10-11-12-14-16-30-17-19-33(20-18-30)36(37)39-35-27-23-32(24-28-35)31-21-25-34(26-22-31)38-29(3)15-13-9-7-5-2/h17-29H,4-16H2,1-3H3/t29-/m0/s1. The van der Waals surface area contributed by atoms with E-state index in [9.17, 15) is 4.79 Å². The smallest absolute Gasteiger partial charge is 0.343 e. The maximum atomic E-state index is 12.7. The van der Waals surface area contributed by atoms with Crippen LogP contribution in [0.3, 0.4) is 0 Å². The molecule has 3 aromatic carbocycles. The zero-order chi connectivity index (χ0) is 27.7. The predicted molar refractivity (Wildman–Crippen MR) is 164 cm³/mol. The number of carbonyl (C=O) groups is 1. The van der Waals surface area contributed by atoms with Gasteiger partial charge in [0.1, 0.15) is 11.5 Å². The second kappa shape index (κ2) is 17.5. The maximum absolute atomic E-state index is 12.7. The third-order valence-electron chi connectivity index (χ3n) is 7.31. The van der Waals surface area contributed by atoms with Crippen molar-refractivity contribution < 1.29 is 14.3 Å². The van der Waals surface area contributed by atoms with Crippen LogP contribution in [0.4, 0.5) is 0 Å². The highest BCUT2D eigenvalue weighted by Crippen LogP contribution is 2.26. The highest BCUT2D eigenvalue weighted by Gasteiger charge is 2.10. The van der Waals surface area contributed by atoms with Crippen LogP contribution in [0.1, 0.15) is 114 Å². The SMILES string of the molecule is CCCCCCCCCc1ccc(C(=O)Oc2ccc(-c3ccc(O[C@@H](C)CCCCCC)cc3)cc2)cc1. The van der Waals surface area contributed by atoms with Crippen LogP contribution in [0, 0.1) is 0 Å². The lowest BCUT2D eigenvalue weighted by Crippen LogP contribution is -2.11. The Morgan fingerprint density at radius 1 is 0.615 bits per heavy atom. The normalized spacial score (nSPS) is 11.8. The van der Waals surface area contributed by atoms with Gasteiger partial charge >= 0.3 is 5.97 Å². The van der Waals surface area contributed by atoms with Gasteiger partial charge in [-0.1, -0.05) is 108 Å². The molecule has 3 nitrogen and oxygen atoms in total. The molecule has 210 valence electrons. The van der Waals surface area contributed by atoms with Gasteiger partial charge in [-0.25, -0.2) is 4.79 Å². The summed E-state index contributed by atoms with van der Waals surface area (Å²) in [5.74, 6) is 1.13. The van der Waals surface area contributed by atoms with Crippen LogP contribution in [-0.2, 0) is 6.42 Å². The largest absolute Gasteiger partial charge is 0.491 e. The van der Waals surface area contributed by atoms with Crippen LogP contribution in [0.2, 0.25) is 0 Å². The number of hydrogen-bond acceptors (Lipinski definition) is 3. The minimum Gasteiger partial charge on any atom is -0.491 e. The van der Waals surface area contributed by atoms with Crippen molar-refractivity contribution in [3.8, 4) is 22.6 Å². The molecule has 0 aliphatic heterocycles. The number of hydrogen-bond donors (Lipinski definition) is 0. The Morgan fingerprint density at radius 3 is 1.72 bits per heavy atom. The fraction of sp³-hybridized carbons (Fsp3) is 0.472. The molecule has 0 aliphatic carbocycles. The molecule has 0 N–H and O–H groups in total. The van der Waals surface area contributed by atoms with Crippen molar-refractivity contribution in [3.05, 3.63) is 83.9 Å². The molecule has 0 aliphatic rings. The van der Waals surface area contributed by atoms with Gasteiger partial charge in [0.15, 0.2) is 0 Å². The van der Waals surface area contributed by atoms with E-state index >= 15 is 0 Å². The molecule has 0 heterocycles. The Bertz CT molecular complexity index is 1070. The molecule has 0 unspecified atom stereocenters. The molecular weight excluding hydrogens is 480 g/mol. The highest BCUT2D eigenvalue weighted by molar-refractivity contribution is 5.91. The van der Waals surface area contributed by atoms with E-state index in [4.69, 9.17) is 9.47 Å². The van der Waals surface area contributed by atoms with Crippen LogP contribution in [0.25, 0.3) is 11.1 Å². The first-order valence-electron chi connectivity index (χ1n) is 15.3. The van der Waals surface area contributed by atoms with Gasteiger partial charge in [-0.15, -0.1) is 0 Å². The molecule has 39 heavy (non-hydrogen) atoms. The summed E-state index contributed by atoms with van der Waals surface area (Å²) in [7, 11) is 0. The summed E-state index contributed by atoms with van der Waals surface area (Å²) in [4.78, 5) is 12.7. The fourth-order valence-electron chi connectivity index (χ4n) is 4.85. The molecular formula is C36H48O3. The fourth-order valence-corrected chi connectivity index (χ4v) is 4.85. The van der Waals surface area contributed by atoms with Gasteiger partial charge in [0.2, 0.25) is 0 Å². The molecule has 0 amide bonds. The summed E-state index contributed by atoms with van der Waals surface area (Å²) in [5.41, 5.74) is 4.04. The van der Waals surface area contributed by atoms with Crippen molar-refractivity contribution in [1.29, 1.82) is 0 Å². The minimum atomic E-state index is -0.324. The predicted octanol–water partition coefficient (Wildman–Crippen LogP) is 10.6. The quantitative estimate of drug-likeness (QED) is 0.0935. The van der Waals surface area contributed by atoms with Gasteiger partial charge in [-0.3, -0.25) is 0 Å². The van der Waals surface area contributed by atoms with Crippen molar-refractivity contribution in [3.63, 3.8) is 0 Å². The summed E-state index contributed by atoms with van der Waals surface area (Å²) in [6, 6.07) is 23.8. The van der Waals surface area contributed by atoms with E-state index in [1.807, 2.05) is 48.5 Å². The number of aryl methyl sites for hydroxylation is 1. The van der Waals surface area contributed by atoms with E-state index in [0.717, 1.165) is 29.7 Å². The highest BCUT2D eigenvalue weighted by atomic mass is 16.5. The van der Waals surface area contributed by atoms with E-state index < -0.39 is 0 Å². The van der Waals surface area contributed by atoms with Crippen LogP contribution < -0.4 is 9.47 Å². The average Bonchev–Trinajstić information content (AvgIpc) is 2.96. The van der Waals surface area contributed by atoms with Gasteiger partial charge in [0.25, 0.3) is 0 Å². The van der Waals surface area contributed by atoms with E-state index in [-0.39, 0.29) is 12.1 Å². The lowest BCUT2D eigenvalue weighted by atomic mass is 10.0. The monoisotopic (exact) mass is 528 g/mol. The van der Waals surface area contributed by atoms with Crippen molar-refractivity contribution in [2.45, 2.75) is 110 Å². The maximum Gasteiger partial charge on any atom is 0.343 e. The van der Waals surface area contributed by atoms with E-state index in [1.165, 1.54) is 76.2 Å². The molecule has 3 heteroatoms. The molecule has 0 saturated heterocycles. The topological polar surface area (TPSA) is 35.5 Å². The lowest BCUT2D eigenvalue weighted by molar-refractivity contribution is 0.0734. The van der Waals surface area contributed by atoms with Crippen LogP contribution in [0.5, 0.6) is 11.5 Å². The Hall–Kier alpha value is -3.07. The Kier molecular flexibility index (Phi) is 13.7. The van der Waals surface area contributed by atoms with E-state index in [2.05, 4.69) is 45.0 Å². The molecule has 3 rings (SSSR count). The molecule has 0 saturated carbocycles. The van der Waals surface area contributed by atoms with Crippen molar-refractivity contribution >= 4 is 5.97 Å². The van der Waals surface area contributed by atoms with Gasteiger partial charge in [-0.05, 0) is 85.7 Å². The molecule has 0 spiro atoms. The van der Waals surface area contributed by atoms with Gasteiger partial charge in [-0.2, -0.15) is 0 Å². The molecule has 0 bridgehead atoms. The Morgan fingerprint density at radius 2 is 1.13 bits per heavy atom. The third kappa shape index (κ3) is 11.3. The van der Waals surface area contributed by atoms with Crippen LogP contribution in [0.15, 0.2) is 72.8 Å². The average molecular weight is 529 g/mol. The molecule has 0 fully saturated rings. The summed E-state index contributed by atoms with van der Waals surface area (Å²) in [6.45, 7) is 6.63. The van der Waals surface area contributed by atoms with Crippen molar-refractivity contribution in [1.82, 2.24) is 0 Å².